The van der Waals surface area contributed by atoms with Crippen molar-refractivity contribution in [2.75, 3.05) is 11.9 Å². The van der Waals surface area contributed by atoms with Crippen LogP contribution in [0.25, 0.3) is 10.8 Å². The molecule has 0 unspecified atom stereocenters. The maximum Gasteiger partial charge on any atom is 0.0641 e. The van der Waals surface area contributed by atoms with Crippen LogP contribution in [0.3, 0.4) is 0 Å². The molecule has 2 heterocycles. The van der Waals surface area contributed by atoms with Gasteiger partial charge < -0.3 is 5.32 Å². The van der Waals surface area contributed by atoms with Gasteiger partial charge in [-0.25, -0.2) is 0 Å². The maximum atomic E-state index is 4.53. The van der Waals surface area contributed by atoms with Gasteiger partial charge >= 0.3 is 0 Å². The van der Waals surface area contributed by atoms with Crippen LogP contribution >= 0.6 is 0 Å². The Hall–Kier alpha value is -1.57. The van der Waals surface area contributed by atoms with Crippen LogP contribution in [0.1, 0.15) is 17.7 Å². The maximum absolute atomic E-state index is 4.53. The Labute approximate surface area is 89.3 Å². The van der Waals surface area contributed by atoms with Gasteiger partial charge in [-0.3, -0.25) is 4.98 Å². The molecule has 0 amide bonds. The predicted octanol–water partition coefficient (Wildman–Crippen LogP) is 2.90. The summed E-state index contributed by atoms with van der Waals surface area (Å²) in [6.07, 6.45) is 4.29. The van der Waals surface area contributed by atoms with Crippen molar-refractivity contribution in [1.29, 1.82) is 0 Å². The summed E-state index contributed by atoms with van der Waals surface area (Å²) < 4.78 is 0. The quantitative estimate of drug-likeness (QED) is 0.704. The van der Waals surface area contributed by atoms with Gasteiger partial charge in [0.2, 0.25) is 0 Å². The molecule has 0 spiro atoms. The van der Waals surface area contributed by atoms with Crippen LogP contribution in [-0.4, -0.2) is 11.5 Å². The van der Waals surface area contributed by atoms with Crippen molar-refractivity contribution < 1.29 is 0 Å². The molecule has 15 heavy (non-hydrogen) atoms. The van der Waals surface area contributed by atoms with Gasteiger partial charge in [0.25, 0.3) is 0 Å². The SMILES string of the molecule is Cc1ccc2c3c(ncc2c1)CCCN3. The number of rotatable bonds is 0. The summed E-state index contributed by atoms with van der Waals surface area (Å²) in [4.78, 5) is 4.53. The molecular formula is C13H14N2. The molecule has 1 aromatic carbocycles. The fraction of sp³-hybridized carbons (Fsp3) is 0.308. The van der Waals surface area contributed by atoms with Crippen molar-refractivity contribution in [2.24, 2.45) is 0 Å². The van der Waals surface area contributed by atoms with E-state index in [1.54, 1.807) is 0 Å². The highest BCUT2D eigenvalue weighted by atomic mass is 14.9. The lowest BCUT2D eigenvalue weighted by Crippen LogP contribution is -2.13. The predicted molar refractivity (Wildman–Crippen MR) is 63.3 cm³/mol. The molecule has 0 saturated heterocycles. The number of benzene rings is 1. The van der Waals surface area contributed by atoms with Crippen molar-refractivity contribution >= 4 is 16.5 Å². The van der Waals surface area contributed by atoms with Gasteiger partial charge in [-0.2, -0.15) is 0 Å². The highest BCUT2D eigenvalue weighted by Crippen LogP contribution is 2.29. The highest BCUT2D eigenvalue weighted by molar-refractivity contribution is 5.94. The van der Waals surface area contributed by atoms with Gasteiger partial charge in [-0.15, -0.1) is 0 Å². The molecule has 0 bridgehead atoms. The molecule has 1 aromatic heterocycles. The van der Waals surface area contributed by atoms with E-state index >= 15 is 0 Å². The Bertz CT molecular complexity index is 517. The number of hydrogen-bond donors (Lipinski definition) is 1. The Kier molecular flexibility index (Phi) is 1.88. The van der Waals surface area contributed by atoms with Crippen LogP contribution in [0, 0.1) is 6.92 Å². The van der Waals surface area contributed by atoms with Crippen molar-refractivity contribution in [1.82, 2.24) is 4.98 Å². The molecular weight excluding hydrogens is 184 g/mol. The summed E-state index contributed by atoms with van der Waals surface area (Å²) in [5.41, 5.74) is 3.76. The summed E-state index contributed by atoms with van der Waals surface area (Å²) in [5.74, 6) is 0. The van der Waals surface area contributed by atoms with Gasteiger partial charge in [0.15, 0.2) is 0 Å². The van der Waals surface area contributed by atoms with Crippen LogP contribution in [0.5, 0.6) is 0 Å². The number of nitrogens with zero attached hydrogens (tertiary/aromatic N) is 1. The van der Waals surface area contributed by atoms with Crippen molar-refractivity contribution in [3.63, 3.8) is 0 Å². The van der Waals surface area contributed by atoms with E-state index in [-0.39, 0.29) is 0 Å². The first kappa shape index (κ1) is 8.72. The Morgan fingerprint density at radius 2 is 2.27 bits per heavy atom. The third-order valence-electron chi connectivity index (χ3n) is 3.02. The van der Waals surface area contributed by atoms with Gasteiger partial charge in [0, 0.05) is 23.5 Å². The highest BCUT2D eigenvalue weighted by Gasteiger charge is 2.12. The van der Waals surface area contributed by atoms with Gasteiger partial charge in [-0.1, -0.05) is 17.7 Å². The lowest BCUT2D eigenvalue weighted by Gasteiger charge is -2.18. The molecule has 0 radical (unpaired) electrons. The first-order valence-electron chi connectivity index (χ1n) is 5.47. The summed E-state index contributed by atoms with van der Waals surface area (Å²) in [6, 6.07) is 6.56. The lowest BCUT2D eigenvalue weighted by molar-refractivity contribution is 0.806. The molecule has 1 aliphatic heterocycles. The van der Waals surface area contributed by atoms with Crippen molar-refractivity contribution in [2.45, 2.75) is 19.8 Å². The van der Waals surface area contributed by atoms with Crippen molar-refractivity contribution in [3.05, 3.63) is 35.7 Å². The zero-order valence-corrected chi connectivity index (χ0v) is 8.88. The normalized spacial score (nSPS) is 14.7. The Morgan fingerprint density at radius 3 is 3.20 bits per heavy atom. The van der Waals surface area contributed by atoms with E-state index in [4.69, 9.17) is 0 Å². The third-order valence-corrected chi connectivity index (χ3v) is 3.02. The molecule has 0 fully saturated rings. The largest absolute Gasteiger partial charge is 0.383 e. The number of fused-ring (bicyclic) bond motifs is 3. The minimum absolute atomic E-state index is 1.07. The first-order valence-corrected chi connectivity index (χ1v) is 5.47. The molecule has 3 rings (SSSR count). The molecule has 76 valence electrons. The molecule has 0 atom stereocenters. The number of pyridine rings is 1. The molecule has 1 aliphatic rings. The first-order chi connectivity index (χ1) is 7.34. The van der Waals surface area contributed by atoms with E-state index < -0.39 is 0 Å². The zero-order chi connectivity index (χ0) is 10.3. The summed E-state index contributed by atoms with van der Waals surface area (Å²) in [7, 11) is 0. The summed E-state index contributed by atoms with van der Waals surface area (Å²) >= 11 is 0. The van der Waals surface area contributed by atoms with E-state index in [0.717, 1.165) is 13.0 Å². The lowest BCUT2D eigenvalue weighted by atomic mass is 10.0. The fourth-order valence-electron chi connectivity index (χ4n) is 2.24. The molecule has 1 N–H and O–H groups in total. The molecule has 2 nitrogen and oxygen atoms in total. The second-order valence-corrected chi connectivity index (χ2v) is 4.20. The summed E-state index contributed by atoms with van der Waals surface area (Å²) in [6.45, 7) is 3.19. The van der Waals surface area contributed by atoms with E-state index in [2.05, 4.69) is 35.4 Å². The smallest absolute Gasteiger partial charge is 0.0641 e. The number of anilines is 1. The average Bonchev–Trinajstić information content (AvgIpc) is 2.28. The molecule has 0 aliphatic carbocycles. The topological polar surface area (TPSA) is 24.9 Å². The Balaban J connectivity index is 2.32. The van der Waals surface area contributed by atoms with Gasteiger partial charge in [-0.05, 0) is 25.8 Å². The molecule has 0 saturated carbocycles. The number of hydrogen-bond acceptors (Lipinski definition) is 2. The number of aromatic nitrogens is 1. The van der Waals surface area contributed by atoms with Crippen LogP contribution in [-0.2, 0) is 6.42 Å². The van der Waals surface area contributed by atoms with Gasteiger partial charge in [0.05, 0.1) is 11.4 Å². The number of aryl methyl sites for hydroxylation is 2. The van der Waals surface area contributed by atoms with E-state index in [1.165, 1.54) is 34.1 Å². The molecule has 2 aromatic rings. The van der Waals surface area contributed by atoms with E-state index in [0.29, 0.717) is 0 Å². The van der Waals surface area contributed by atoms with Crippen molar-refractivity contribution in [3.8, 4) is 0 Å². The van der Waals surface area contributed by atoms with Crippen LogP contribution in [0.15, 0.2) is 24.4 Å². The van der Waals surface area contributed by atoms with Crippen LogP contribution < -0.4 is 5.32 Å². The third kappa shape index (κ3) is 1.37. The van der Waals surface area contributed by atoms with Gasteiger partial charge in [0.1, 0.15) is 0 Å². The van der Waals surface area contributed by atoms with Crippen LogP contribution in [0.4, 0.5) is 5.69 Å². The second-order valence-electron chi connectivity index (χ2n) is 4.20. The number of nitrogens with one attached hydrogen (secondary N) is 1. The second kappa shape index (κ2) is 3.23. The summed E-state index contributed by atoms with van der Waals surface area (Å²) in [5, 5.41) is 6.01. The minimum Gasteiger partial charge on any atom is -0.383 e. The Morgan fingerprint density at radius 1 is 1.33 bits per heavy atom. The monoisotopic (exact) mass is 198 g/mol. The standard InChI is InChI=1S/C13H14N2/c1-9-4-5-11-10(7-9)8-15-12-3-2-6-14-13(11)12/h4-5,7-8,14H,2-3,6H2,1H3. The average molecular weight is 198 g/mol. The van der Waals surface area contributed by atoms with E-state index in [1.807, 2.05) is 6.20 Å². The minimum atomic E-state index is 1.07. The fourth-order valence-corrected chi connectivity index (χ4v) is 2.24. The zero-order valence-electron chi connectivity index (χ0n) is 8.88. The van der Waals surface area contributed by atoms with E-state index in [9.17, 15) is 0 Å². The van der Waals surface area contributed by atoms with Crippen LogP contribution in [0.2, 0.25) is 0 Å². The molecule has 2 heteroatoms.